The molecule has 1 aliphatic rings. The van der Waals surface area contributed by atoms with E-state index in [1.54, 1.807) is 24.3 Å². The topological polar surface area (TPSA) is 35.6 Å². The number of hydrogen-bond donors (Lipinski definition) is 0. The summed E-state index contributed by atoms with van der Waals surface area (Å²) in [5.74, 6) is 0. The Balaban J connectivity index is 1.64. The fraction of sp³-hybridized carbons (Fsp3) is 0.368. The Kier molecular flexibility index (Phi) is 4.66. The molecular formula is C19H16F6N4. The molecule has 0 saturated carbocycles. The van der Waals surface area contributed by atoms with Crippen molar-refractivity contribution in [3.8, 4) is 5.69 Å². The molecule has 0 amide bonds. The van der Waals surface area contributed by atoms with Crippen molar-refractivity contribution >= 4 is 0 Å². The van der Waals surface area contributed by atoms with Crippen molar-refractivity contribution in [1.82, 2.24) is 19.6 Å². The molecule has 0 fully saturated rings. The molecule has 0 radical (unpaired) electrons. The van der Waals surface area contributed by atoms with Gasteiger partial charge in [-0.1, -0.05) is 12.1 Å². The minimum absolute atomic E-state index is 0.104. The molecule has 0 atom stereocenters. The van der Waals surface area contributed by atoms with Gasteiger partial charge in [0.15, 0.2) is 5.69 Å². The van der Waals surface area contributed by atoms with Crippen LogP contribution in [-0.2, 0) is 31.7 Å². The highest BCUT2D eigenvalue weighted by molar-refractivity contribution is 5.41. The van der Waals surface area contributed by atoms with Crippen molar-refractivity contribution in [1.29, 1.82) is 0 Å². The predicted molar refractivity (Wildman–Crippen MR) is 91.5 cm³/mol. The smallest absolute Gasteiger partial charge is 0.256 e. The Morgan fingerprint density at radius 3 is 2.21 bits per heavy atom. The molecule has 0 unspecified atom stereocenters. The van der Waals surface area contributed by atoms with E-state index in [9.17, 15) is 26.3 Å². The molecule has 2 heterocycles. The van der Waals surface area contributed by atoms with Crippen LogP contribution in [0.5, 0.6) is 0 Å². The maximum absolute atomic E-state index is 13.3. The normalized spacial score (nSPS) is 14.8. The van der Waals surface area contributed by atoms with Crippen molar-refractivity contribution in [3.63, 3.8) is 0 Å². The maximum atomic E-state index is 13.3. The summed E-state index contributed by atoms with van der Waals surface area (Å²) in [7, 11) is 0. The van der Waals surface area contributed by atoms with E-state index in [4.69, 9.17) is 0 Å². The van der Waals surface area contributed by atoms with Crippen molar-refractivity contribution in [2.75, 3.05) is 0 Å². The highest BCUT2D eigenvalue weighted by Crippen LogP contribution is 2.37. The van der Waals surface area contributed by atoms with Crippen LogP contribution in [0.3, 0.4) is 0 Å². The first-order valence-electron chi connectivity index (χ1n) is 9.01. The van der Waals surface area contributed by atoms with Gasteiger partial charge >= 0.3 is 12.4 Å². The van der Waals surface area contributed by atoms with Gasteiger partial charge < -0.3 is 0 Å². The quantitative estimate of drug-likeness (QED) is 0.564. The fourth-order valence-corrected chi connectivity index (χ4v) is 3.66. The SMILES string of the molecule is FC(F)(F)c1nn(-c2ccc(Cn3nccc3C(F)(F)F)cc2)c2c1CCCC2. The number of nitrogens with zero attached hydrogens (tertiary/aromatic N) is 4. The van der Waals surface area contributed by atoms with E-state index in [1.807, 2.05) is 0 Å². The van der Waals surface area contributed by atoms with Gasteiger partial charge in [-0.25, -0.2) is 4.68 Å². The number of hydrogen-bond acceptors (Lipinski definition) is 2. The van der Waals surface area contributed by atoms with Gasteiger partial charge in [0.05, 0.1) is 12.2 Å². The molecule has 1 aromatic carbocycles. The molecule has 0 spiro atoms. The number of fused-ring (bicyclic) bond motifs is 1. The van der Waals surface area contributed by atoms with E-state index in [0.29, 0.717) is 36.2 Å². The minimum Gasteiger partial charge on any atom is -0.256 e. The molecule has 2 aromatic heterocycles. The number of rotatable bonds is 3. The van der Waals surface area contributed by atoms with Crippen molar-refractivity contribution in [3.05, 3.63) is 64.7 Å². The molecular weight excluding hydrogens is 398 g/mol. The molecule has 4 nitrogen and oxygen atoms in total. The maximum Gasteiger partial charge on any atom is 0.435 e. The molecule has 3 aromatic rings. The van der Waals surface area contributed by atoms with Crippen molar-refractivity contribution < 1.29 is 26.3 Å². The Morgan fingerprint density at radius 2 is 1.55 bits per heavy atom. The molecule has 0 saturated heterocycles. The summed E-state index contributed by atoms with van der Waals surface area (Å²) in [4.78, 5) is 0. The van der Waals surface area contributed by atoms with Gasteiger partial charge in [0.25, 0.3) is 0 Å². The van der Waals surface area contributed by atoms with Gasteiger partial charge in [0, 0.05) is 17.5 Å². The number of halogens is 6. The average molecular weight is 414 g/mol. The average Bonchev–Trinajstić information content (AvgIpc) is 3.26. The third kappa shape index (κ3) is 3.75. The van der Waals surface area contributed by atoms with Gasteiger partial charge in [-0.2, -0.15) is 36.5 Å². The van der Waals surface area contributed by atoms with E-state index >= 15 is 0 Å². The molecule has 0 bridgehead atoms. The first-order chi connectivity index (χ1) is 13.6. The Labute approximate surface area is 161 Å². The highest BCUT2D eigenvalue weighted by atomic mass is 19.4. The Bertz CT molecular complexity index is 1010. The summed E-state index contributed by atoms with van der Waals surface area (Å²) in [6, 6.07) is 7.16. The second kappa shape index (κ2) is 6.93. The lowest BCUT2D eigenvalue weighted by atomic mass is 9.95. The first-order valence-corrected chi connectivity index (χ1v) is 9.01. The molecule has 10 heteroatoms. The van der Waals surface area contributed by atoms with Gasteiger partial charge in [-0.3, -0.25) is 4.68 Å². The summed E-state index contributed by atoms with van der Waals surface area (Å²) < 4.78 is 81.0. The first kappa shape index (κ1) is 19.5. The summed E-state index contributed by atoms with van der Waals surface area (Å²) in [5, 5.41) is 7.51. The minimum atomic E-state index is -4.53. The van der Waals surface area contributed by atoms with Crippen LogP contribution < -0.4 is 0 Å². The molecule has 29 heavy (non-hydrogen) atoms. The third-order valence-electron chi connectivity index (χ3n) is 4.97. The van der Waals surface area contributed by atoms with Crippen LogP contribution in [-0.4, -0.2) is 19.6 Å². The molecule has 0 N–H and O–H groups in total. The summed E-state index contributed by atoms with van der Waals surface area (Å²) in [6.45, 7) is -0.104. The predicted octanol–water partition coefficient (Wildman–Crippen LogP) is 5.03. The molecule has 0 aliphatic heterocycles. The second-order valence-electron chi connectivity index (χ2n) is 6.93. The number of benzene rings is 1. The Hall–Kier alpha value is -2.78. The standard InChI is InChI=1S/C19H16F6N4/c20-18(21,22)16-9-10-26-28(16)11-12-5-7-13(8-6-12)29-15-4-2-1-3-14(15)17(27-29)19(23,24)25/h5-10H,1-4,11H2. The zero-order valence-corrected chi connectivity index (χ0v) is 15.1. The van der Waals surface area contributed by atoms with E-state index in [2.05, 4.69) is 10.2 Å². The zero-order chi connectivity index (χ0) is 20.8. The van der Waals surface area contributed by atoms with Crippen LogP contribution in [0.25, 0.3) is 5.69 Å². The summed E-state index contributed by atoms with van der Waals surface area (Å²) in [5.41, 5.74) is 0.0426. The van der Waals surface area contributed by atoms with E-state index in [-0.39, 0.29) is 12.1 Å². The largest absolute Gasteiger partial charge is 0.435 e. The van der Waals surface area contributed by atoms with Crippen molar-refractivity contribution in [2.24, 2.45) is 0 Å². The number of aromatic nitrogens is 4. The van der Waals surface area contributed by atoms with Gasteiger partial charge in [0.1, 0.15) is 5.69 Å². The van der Waals surface area contributed by atoms with Crippen LogP contribution >= 0.6 is 0 Å². The van der Waals surface area contributed by atoms with E-state index in [1.165, 1.54) is 4.68 Å². The van der Waals surface area contributed by atoms with Crippen LogP contribution in [0.1, 0.15) is 41.1 Å². The lowest BCUT2D eigenvalue weighted by molar-refractivity contribution is -0.144. The summed E-state index contributed by atoms with van der Waals surface area (Å²) in [6.07, 6.45) is -5.66. The second-order valence-corrected chi connectivity index (χ2v) is 6.93. The lowest BCUT2D eigenvalue weighted by Gasteiger charge is -2.15. The van der Waals surface area contributed by atoms with E-state index in [0.717, 1.165) is 23.4 Å². The van der Waals surface area contributed by atoms with Crippen molar-refractivity contribution in [2.45, 2.75) is 44.6 Å². The van der Waals surface area contributed by atoms with Crippen LogP contribution in [0.15, 0.2) is 36.5 Å². The van der Waals surface area contributed by atoms with Crippen LogP contribution in [0, 0.1) is 0 Å². The molecule has 1 aliphatic carbocycles. The zero-order valence-electron chi connectivity index (χ0n) is 15.1. The highest BCUT2D eigenvalue weighted by Gasteiger charge is 2.39. The van der Waals surface area contributed by atoms with Gasteiger partial charge in [-0.05, 0) is 49.4 Å². The number of alkyl halides is 6. The third-order valence-corrected chi connectivity index (χ3v) is 4.97. The fourth-order valence-electron chi connectivity index (χ4n) is 3.66. The monoisotopic (exact) mass is 414 g/mol. The van der Waals surface area contributed by atoms with E-state index < -0.39 is 23.7 Å². The van der Waals surface area contributed by atoms with Gasteiger partial charge in [-0.15, -0.1) is 0 Å². The van der Waals surface area contributed by atoms with Gasteiger partial charge in [0.2, 0.25) is 0 Å². The molecule has 4 rings (SSSR count). The molecule has 154 valence electrons. The summed E-state index contributed by atoms with van der Waals surface area (Å²) >= 11 is 0. The lowest BCUT2D eigenvalue weighted by Crippen LogP contribution is -2.15. The van der Waals surface area contributed by atoms with Crippen LogP contribution in [0.2, 0.25) is 0 Å². The Morgan fingerprint density at radius 1 is 0.862 bits per heavy atom. The van der Waals surface area contributed by atoms with Crippen LogP contribution in [0.4, 0.5) is 26.3 Å².